The number of aromatic nitrogens is 4. The molecule has 9 nitrogen and oxygen atoms in total. The molecule has 0 bridgehead atoms. The Kier molecular flexibility index (Phi) is 5.54. The molecule has 2 aromatic heterocycles. The quantitative estimate of drug-likeness (QED) is 0.479. The van der Waals surface area contributed by atoms with Crippen molar-refractivity contribution in [2.75, 3.05) is 11.9 Å². The van der Waals surface area contributed by atoms with Crippen LogP contribution in [0.25, 0.3) is 16.6 Å². The predicted octanol–water partition coefficient (Wildman–Crippen LogP) is 2.97. The Morgan fingerprint density at radius 3 is 2.61 bits per heavy atom. The number of carbonyl (C=O) groups excluding carboxylic acids is 2. The summed E-state index contributed by atoms with van der Waals surface area (Å²) in [5.74, 6) is -0.555. The minimum atomic E-state index is -0.652. The highest BCUT2D eigenvalue weighted by Crippen LogP contribution is 2.20. The van der Waals surface area contributed by atoms with E-state index in [4.69, 9.17) is 4.74 Å². The number of fused-ring (bicyclic) bond motifs is 1. The van der Waals surface area contributed by atoms with E-state index in [1.807, 2.05) is 6.07 Å². The highest BCUT2D eigenvalue weighted by Gasteiger charge is 2.20. The van der Waals surface area contributed by atoms with E-state index in [1.165, 1.54) is 4.57 Å². The van der Waals surface area contributed by atoms with Gasteiger partial charge in [-0.25, -0.2) is 9.78 Å². The van der Waals surface area contributed by atoms with Crippen LogP contribution in [0.15, 0.2) is 53.3 Å². The SMILES string of the molecule is CCOC(=O)c1nnsc1NC(=O)c1ccc(-n2c(C)nc3ccccc3c2=O)cc1. The molecule has 0 saturated carbocycles. The lowest BCUT2D eigenvalue weighted by molar-refractivity contribution is 0.0520. The van der Waals surface area contributed by atoms with Crippen LogP contribution in [0, 0.1) is 6.92 Å². The van der Waals surface area contributed by atoms with Crippen LogP contribution in [0.2, 0.25) is 0 Å². The third-order valence-electron chi connectivity index (χ3n) is 4.51. The van der Waals surface area contributed by atoms with E-state index in [9.17, 15) is 14.4 Å². The summed E-state index contributed by atoms with van der Waals surface area (Å²) in [6.45, 7) is 3.62. The predicted molar refractivity (Wildman–Crippen MR) is 116 cm³/mol. The van der Waals surface area contributed by atoms with E-state index in [0.717, 1.165) is 11.5 Å². The smallest absolute Gasteiger partial charge is 0.362 e. The molecule has 0 unspecified atom stereocenters. The molecule has 0 aliphatic heterocycles. The Bertz CT molecular complexity index is 1340. The fourth-order valence-corrected chi connectivity index (χ4v) is 3.64. The normalized spacial score (nSPS) is 10.8. The average molecular weight is 435 g/mol. The van der Waals surface area contributed by atoms with Crippen molar-refractivity contribution >= 4 is 39.3 Å². The molecule has 0 aliphatic rings. The topological polar surface area (TPSA) is 116 Å². The molecule has 1 amide bonds. The first-order chi connectivity index (χ1) is 15.0. The molecule has 1 N–H and O–H groups in total. The number of carbonyl (C=O) groups is 2. The van der Waals surface area contributed by atoms with Crippen molar-refractivity contribution in [2.45, 2.75) is 13.8 Å². The van der Waals surface area contributed by atoms with Crippen LogP contribution < -0.4 is 10.9 Å². The standard InChI is InChI=1S/C21H17N5O4S/c1-3-30-21(29)17-19(31-25-24-17)23-18(27)13-8-10-14(11-9-13)26-12(2)22-16-7-5-4-6-15(16)20(26)28/h4-11H,3H2,1-2H3,(H,23,27). The highest BCUT2D eigenvalue weighted by atomic mass is 32.1. The Hall–Kier alpha value is -3.92. The molecule has 4 rings (SSSR count). The summed E-state index contributed by atoms with van der Waals surface area (Å²) in [6.07, 6.45) is 0. The average Bonchev–Trinajstić information content (AvgIpc) is 3.22. The van der Waals surface area contributed by atoms with Crippen molar-refractivity contribution in [3.63, 3.8) is 0 Å². The first-order valence-electron chi connectivity index (χ1n) is 9.39. The van der Waals surface area contributed by atoms with Crippen molar-refractivity contribution in [1.82, 2.24) is 19.1 Å². The van der Waals surface area contributed by atoms with Gasteiger partial charge in [0, 0.05) is 17.1 Å². The molecule has 2 heterocycles. The second-order valence-electron chi connectivity index (χ2n) is 6.49. The van der Waals surface area contributed by atoms with E-state index in [0.29, 0.717) is 28.0 Å². The van der Waals surface area contributed by atoms with E-state index in [1.54, 1.807) is 56.3 Å². The van der Waals surface area contributed by atoms with Gasteiger partial charge in [0.2, 0.25) is 5.69 Å². The van der Waals surface area contributed by atoms with Crippen LogP contribution in [-0.4, -0.2) is 37.6 Å². The molecule has 4 aromatic rings. The molecule has 10 heteroatoms. The molecule has 0 fully saturated rings. The largest absolute Gasteiger partial charge is 0.461 e. The van der Waals surface area contributed by atoms with Crippen LogP contribution in [0.5, 0.6) is 0 Å². The Morgan fingerprint density at radius 1 is 1.13 bits per heavy atom. The summed E-state index contributed by atoms with van der Waals surface area (Å²) in [7, 11) is 0. The van der Waals surface area contributed by atoms with Crippen LogP contribution in [-0.2, 0) is 4.74 Å². The number of hydrogen-bond donors (Lipinski definition) is 1. The summed E-state index contributed by atoms with van der Waals surface area (Å²) in [6, 6.07) is 13.6. The second kappa shape index (κ2) is 8.44. The number of hydrogen-bond acceptors (Lipinski definition) is 8. The molecule has 0 saturated heterocycles. The zero-order valence-electron chi connectivity index (χ0n) is 16.7. The first-order valence-corrected chi connectivity index (χ1v) is 10.2. The minimum absolute atomic E-state index is 0.0405. The van der Waals surface area contributed by atoms with Gasteiger partial charge in [-0.1, -0.05) is 16.6 Å². The molecular formula is C21H17N5O4S. The Morgan fingerprint density at radius 2 is 1.87 bits per heavy atom. The van der Waals surface area contributed by atoms with Gasteiger partial charge in [0.1, 0.15) is 5.82 Å². The van der Waals surface area contributed by atoms with Gasteiger partial charge in [0.15, 0.2) is 5.00 Å². The first kappa shape index (κ1) is 20.4. The summed E-state index contributed by atoms with van der Waals surface area (Å²) < 4.78 is 10.1. The van der Waals surface area contributed by atoms with E-state index >= 15 is 0 Å². The Labute approximate surface area is 180 Å². The number of para-hydroxylation sites is 1. The van der Waals surface area contributed by atoms with Crippen molar-refractivity contribution in [1.29, 1.82) is 0 Å². The van der Waals surface area contributed by atoms with Crippen LogP contribution in [0.1, 0.15) is 33.6 Å². The molecule has 0 radical (unpaired) electrons. The van der Waals surface area contributed by atoms with Gasteiger partial charge in [-0.2, -0.15) is 0 Å². The van der Waals surface area contributed by atoms with Crippen molar-refractivity contribution in [2.24, 2.45) is 0 Å². The van der Waals surface area contributed by atoms with Gasteiger partial charge in [0.25, 0.3) is 11.5 Å². The zero-order chi connectivity index (χ0) is 22.0. The van der Waals surface area contributed by atoms with Crippen molar-refractivity contribution < 1.29 is 14.3 Å². The number of ether oxygens (including phenoxy) is 1. The lowest BCUT2D eigenvalue weighted by atomic mass is 10.2. The summed E-state index contributed by atoms with van der Waals surface area (Å²) in [4.78, 5) is 41.9. The summed E-state index contributed by atoms with van der Waals surface area (Å²) >= 11 is 0.884. The zero-order valence-corrected chi connectivity index (χ0v) is 17.5. The number of nitrogens with one attached hydrogen (secondary N) is 1. The monoisotopic (exact) mass is 435 g/mol. The van der Waals surface area contributed by atoms with Gasteiger partial charge < -0.3 is 10.1 Å². The van der Waals surface area contributed by atoms with E-state index in [2.05, 4.69) is 19.9 Å². The number of nitrogens with zero attached hydrogens (tertiary/aromatic N) is 4. The van der Waals surface area contributed by atoms with Gasteiger partial charge in [-0.3, -0.25) is 14.2 Å². The third kappa shape index (κ3) is 3.92. The third-order valence-corrected chi connectivity index (χ3v) is 5.16. The van der Waals surface area contributed by atoms with Gasteiger partial charge in [-0.05, 0) is 50.2 Å². The minimum Gasteiger partial charge on any atom is -0.461 e. The second-order valence-corrected chi connectivity index (χ2v) is 7.24. The number of amides is 1. The number of aryl methyl sites for hydroxylation is 1. The van der Waals surface area contributed by atoms with E-state index < -0.39 is 11.9 Å². The molecule has 0 aliphatic carbocycles. The van der Waals surface area contributed by atoms with Crippen molar-refractivity contribution in [3.05, 3.63) is 76.0 Å². The highest BCUT2D eigenvalue weighted by molar-refractivity contribution is 7.10. The van der Waals surface area contributed by atoms with Gasteiger partial charge in [-0.15, -0.1) is 5.10 Å². The lowest BCUT2D eigenvalue weighted by Gasteiger charge is -2.11. The maximum atomic E-state index is 12.9. The fraction of sp³-hybridized carbons (Fsp3) is 0.143. The van der Waals surface area contributed by atoms with E-state index in [-0.39, 0.29) is 22.9 Å². The summed E-state index contributed by atoms with van der Waals surface area (Å²) in [5.41, 5.74) is 1.33. The van der Waals surface area contributed by atoms with Crippen LogP contribution >= 0.6 is 11.5 Å². The number of benzene rings is 2. The Balaban J connectivity index is 1.61. The summed E-state index contributed by atoms with van der Waals surface area (Å²) in [5, 5.41) is 7.06. The molecule has 0 atom stereocenters. The number of rotatable bonds is 5. The molecule has 2 aromatic carbocycles. The lowest BCUT2D eigenvalue weighted by Crippen LogP contribution is -2.22. The maximum absolute atomic E-state index is 12.9. The van der Waals surface area contributed by atoms with Crippen molar-refractivity contribution in [3.8, 4) is 5.69 Å². The molecule has 31 heavy (non-hydrogen) atoms. The molecule has 156 valence electrons. The number of anilines is 1. The van der Waals surface area contributed by atoms with Gasteiger partial charge in [0.05, 0.1) is 23.2 Å². The maximum Gasteiger partial charge on any atom is 0.362 e. The van der Waals surface area contributed by atoms with Gasteiger partial charge >= 0.3 is 5.97 Å². The molecular weight excluding hydrogens is 418 g/mol. The fourth-order valence-electron chi connectivity index (χ4n) is 3.09. The number of esters is 1. The van der Waals surface area contributed by atoms with Crippen LogP contribution in [0.4, 0.5) is 5.00 Å². The van der Waals surface area contributed by atoms with Crippen LogP contribution in [0.3, 0.4) is 0 Å². The molecule has 0 spiro atoms.